The topological polar surface area (TPSA) is 60.5 Å². The average molecular weight is 276 g/mol. The highest BCUT2D eigenvalue weighted by atomic mass is 16.5. The summed E-state index contributed by atoms with van der Waals surface area (Å²) in [5.74, 6) is 2.23. The smallest absolute Gasteiger partial charge is 0.343 e. The number of pyridine rings is 1. The number of esters is 1. The second kappa shape index (κ2) is 5.31. The Hall–Kier alpha value is -1.78. The molecule has 0 aliphatic heterocycles. The summed E-state index contributed by atoms with van der Waals surface area (Å²) in [6.07, 6.45) is 5.24. The van der Waals surface area contributed by atoms with Gasteiger partial charge in [0.2, 0.25) is 5.88 Å². The van der Waals surface area contributed by atoms with Gasteiger partial charge in [0.15, 0.2) is 0 Å². The molecule has 0 spiro atoms. The number of carbonyl (C=O) groups is 1. The highest BCUT2D eigenvalue weighted by Gasteiger charge is 2.41. The molecular weight excluding hydrogens is 256 g/mol. The summed E-state index contributed by atoms with van der Waals surface area (Å²) < 4.78 is 9.91. The van der Waals surface area contributed by atoms with Gasteiger partial charge >= 0.3 is 5.97 Å². The van der Waals surface area contributed by atoms with Crippen LogP contribution in [0.1, 0.15) is 36.0 Å². The third-order valence-corrected chi connectivity index (χ3v) is 4.03. The molecule has 1 heterocycles. The number of aromatic nitrogens is 1. The van der Waals surface area contributed by atoms with Crippen molar-refractivity contribution in [3.05, 3.63) is 17.7 Å². The minimum absolute atomic E-state index is 0.312. The maximum atomic E-state index is 11.6. The van der Waals surface area contributed by atoms with Crippen molar-refractivity contribution >= 4 is 11.8 Å². The highest BCUT2D eigenvalue weighted by molar-refractivity contribution is 5.92. The number of nitrogens with one attached hydrogen (secondary N) is 1. The lowest BCUT2D eigenvalue weighted by molar-refractivity contribution is 0.0596. The van der Waals surface area contributed by atoms with Gasteiger partial charge in [-0.05, 0) is 49.7 Å². The largest absolute Gasteiger partial charge is 0.480 e. The first kappa shape index (κ1) is 13.2. The molecule has 2 aliphatic rings. The summed E-state index contributed by atoms with van der Waals surface area (Å²) in [5, 5.41) is 3.52. The van der Waals surface area contributed by atoms with Gasteiger partial charge in [-0.3, -0.25) is 0 Å². The predicted molar refractivity (Wildman–Crippen MR) is 75.0 cm³/mol. The van der Waals surface area contributed by atoms with E-state index in [4.69, 9.17) is 9.47 Å². The number of hydrogen-bond acceptors (Lipinski definition) is 5. The summed E-state index contributed by atoms with van der Waals surface area (Å²) >= 11 is 0. The van der Waals surface area contributed by atoms with Crippen molar-refractivity contribution in [3.63, 3.8) is 0 Å². The number of nitrogens with zero attached hydrogens (tertiary/aromatic N) is 1. The molecule has 1 aromatic heterocycles. The molecular formula is C15H20N2O3. The Morgan fingerprint density at radius 1 is 1.25 bits per heavy atom. The van der Waals surface area contributed by atoms with E-state index in [9.17, 15) is 4.79 Å². The molecule has 0 bridgehead atoms. The maximum absolute atomic E-state index is 11.6. The molecule has 108 valence electrons. The van der Waals surface area contributed by atoms with Gasteiger partial charge in [-0.2, -0.15) is 4.98 Å². The Morgan fingerprint density at radius 3 is 2.40 bits per heavy atom. The molecule has 20 heavy (non-hydrogen) atoms. The summed E-state index contributed by atoms with van der Waals surface area (Å²) in [4.78, 5) is 16.0. The molecule has 0 aromatic carbocycles. The zero-order chi connectivity index (χ0) is 14.1. The van der Waals surface area contributed by atoms with E-state index in [0.29, 0.717) is 17.5 Å². The summed E-state index contributed by atoms with van der Waals surface area (Å²) in [7, 11) is 2.86. The fraction of sp³-hybridized carbons (Fsp3) is 0.600. The van der Waals surface area contributed by atoms with E-state index >= 15 is 0 Å². The highest BCUT2D eigenvalue weighted by Crippen LogP contribution is 2.45. The Labute approximate surface area is 118 Å². The third kappa shape index (κ3) is 2.71. The number of hydrogen-bond donors (Lipinski definition) is 1. The summed E-state index contributed by atoms with van der Waals surface area (Å²) in [5.41, 5.74) is 0.356. The van der Waals surface area contributed by atoms with Crippen molar-refractivity contribution in [3.8, 4) is 5.88 Å². The molecule has 5 heteroatoms. The van der Waals surface area contributed by atoms with Gasteiger partial charge in [-0.1, -0.05) is 0 Å². The van der Waals surface area contributed by atoms with E-state index in [2.05, 4.69) is 10.3 Å². The van der Waals surface area contributed by atoms with Crippen LogP contribution in [0.15, 0.2) is 12.1 Å². The molecule has 0 saturated heterocycles. The lowest BCUT2D eigenvalue weighted by atomic mass is 10.1. The van der Waals surface area contributed by atoms with Crippen LogP contribution in [0.2, 0.25) is 0 Å². The van der Waals surface area contributed by atoms with Gasteiger partial charge in [0, 0.05) is 6.04 Å². The first-order valence-corrected chi connectivity index (χ1v) is 7.13. The number of anilines is 1. The fourth-order valence-electron chi connectivity index (χ4n) is 2.64. The monoisotopic (exact) mass is 276 g/mol. The standard InChI is InChI=1S/C15H20N2O3/c1-19-14-11(15(18)20-2)7-8-12(17-14)16-13(9-3-4-9)10-5-6-10/h7-10,13H,3-6H2,1-2H3,(H,16,17). The molecule has 1 N–H and O–H groups in total. The van der Waals surface area contributed by atoms with Crippen molar-refractivity contribution in [1.29, 1.82) is 0 Å². The van der Waals surface area contributed by atoms with Crippen molar-refractivity contribution in [2.45, 2.75) is 31.7 Å². The van der Waals surface area contributed by atoms with E-state index < -0.39 is 5.97 Å². The molecule has 1 aromatic rings. The fourth-order valence-corrected chi connectivity index (χ4v) is 2.64. The second-order valence-electron chi connectivity index (χ2n) is 5.59. The first-order chi connectivity index (χ1) is 9.72. The van der Waals surface area contributed by atoms with Crippen LogP contribution in [0.4, 0.5) is 5.82 Å². The molecule has 2 saturated carbocycles. The zero-order valence-electron chi connectivity index (χ0n) is 11.9. The molecule has 0 amide bonds. The lowest BCUT2D eigenvalue weighted by Gasteiger charge is -2.19. The van der Waals surface area contributed by atoms with E-state index in [-0.39, 0.29) is 0 Å². The van der Waals surface area contributed by atoms with E-state index in [1.54, 1.807) is 6.07 Å². The third-order valence-electron chi connectivity index (χ3n) is 4.03. The van der Waals surface area contributed by atoms with Crippen LogP contribution in [0.3, 0.4) is 0 Å². The molecule has 5 nitrogen and oxygen atoms in total. The number of rotatable bonds is 6. The van der Waals surface area contributed by atoms with Crippen molar-refractivity contribution in [1.82, 2.24) is 4.98 Å². The van der Waals surface area contributed by atoms with Gasteiger partial charge in [0.25, 0.3) is 0 Å². The molecule has 0 atom stereocenters. The Bertz CT molecular complexity index is 498. The Balaban J connectivity index is 1.77. The molecule has 3 rings (SSSR count). The summed E-state index contributed by atoms with van der Waals surface area (Å²) in [6.45, 7) is 0. The van der Waals surface area contributed by atoms with Gasteiger partial charge in [-0.25, -0.2) is 4.79 Å². The normalized spacial score (nSPS) is 17.9. The van der Waals surface area contributed by atoms with Crippen LogP contribution in [-0.4, -0.2) is 31.2 Å². The molecule has 2 aliphatic carbocycles. The van der Waals surface area contributed by atoms with E-state index in [1.807, 2.05) is 6.07 Å². The Kier molecular flexibility index (Phi) is 3.51. The van der Waals surface area contributed by atoms with Crippen molar-refractivity contribution < 1.29 is 14.3 Å². The molecule has 0 radical (unpaired) electrons. The van der Waals surface area contributed by atoms with Crippen LogP contribution in [0.5, 0.6) is 5.88 Å². The van der Waals surface area contributed by atoms with Crippen LogP contribution in [-0.2, 0) is 4.74 Å². The van der Waals surface area contributed by atoms with Crippen LogP contribution < -0.4 is 10.1 Å². The number of carbonyl (C=O) groups excluding carboxylic acids is 1. The SMILES string of the molecule is COC(=O)c1ccc(NC(C2CC2)C2CC2)nc1OC. The van der Waals surface area contributed by atoms with E-state index in [1.165, 1.54) is 39.9 Å². The van der Waals surface area contributed by atoms with Gasteiger partial charge in [-0.15, -0.1) is 0 Å². The van der Waals surface area contributed by atoms with Crippen molar-refractivity contribution in [2.75, 3.05) is 19.5 Å². The summed E-state index contributed by atoms with van der Waals surface area (Å²) in [6, 6.07) is 4.06. The van der Waals surface area contributed by atoms with Crippen molar-refractivity contribution in [2.24, 2.45) is 11.8 Å². The second-order valence-corrected chi connectivity index (χ2v) is 5.59. The van der Waals surface area contributed by atoms with Crippen LogP contribution >= 0.6 is 0 Å². The van der Waals surface area contributed by atoms with Crippen LogP contribution in [0.25, 0.3) is 0 Å². The number of ether oxygens (including phenoxy) is 2. The van der Waals surface area contributed by atoms with Crippen LogP contribution in [0, 0.1) is 11.8 Å². The minimum atomic E-state index is -0.429. The van der Waals surface area contributed by atoms with Gasteiger partial charge < -0.3 is 14.8 Å². The average Bonchev–Trinajstić information content (AvgIpc) is 3.36. The quantitative estimate of drug-likeness (QED) is 0.809. The first-order valence-electron chi connectivity index (χ1n) is 7.13. The van der Waals surface area contributed by atoms with Gasteiger partial charge in [0.05, 0.1) is 14.2 Å². The Morgan fingerprint density at radius 2 is 1.90 bits per heavy atom. The predicted octanol–water partition coefficient (Wildman–Crippen LogP) is 2.48. The maximum Gasteiger partial charge on any atom is 0.343 e. The van der Waals surface area contributed by atoms with Gasteiger partial charge in [0.1, 0.15) is 11.4 Å². The molecule has 0 unspecified atom stereocenters. The zero-order valence-corrected chi connectivity index (χ0v) is 11.9. The lowest BCUT2D eigenvalue weighted by Crippen LogP contribution is -2.25. The van der Waals surface area contributed by atoms with E-state index in [0.717, 1.165) is 17.7 Å². The molecule has 2 fully saturated rings. The number of methoxy groups -OCH3 is 2. The minimum Gasteiger partial charge on any atom is -0.480 e.